The predicted octanol–water partition coefficient (Wildman–Crippen LogP) is -0.156. The Morgan fingerprint density at radius 1 is 1.25 bits per heavy atom. The Morgan fingerprint density at radius 2 is 1.80 bits per heavy atom. The number of benzene rings is 1. The first-order chi connectivity index (χ1) is 9.36. The van der Waals surface area contributed by atoms with E-state index in [9.17, 15) is 24.6 Å². The molecular weight excluding hydrogens is 270 g/mol. The van der Waals surface area contributed by atoms with Gasteiger partial charge in [-0.15, -0.1) is 0 Å². The Bertz CT molecular complexity index is 520. The van der Waals surface area contributed by atoms with Crippen LogP contribution in [0.25, 0.3) is 0 Å². The topological polar surface area (TPSA) is 133 Å². The van der Waals surface area contributed by atoms with Gasteiger partial charge in [0, 0.05) is 0 Å². The van der Waals surface area contributed by atoms with E-state index in [1.54, 1.807) is 0 Å². The first-order valence-electron chi connectivity index (χ1n) is 5.48. The number of rotatable bonds is 5. The third-order valence-electron chi connectivity index (χ3n) is 2.45. The zero-order chi connectivity index (χ0) is 15.3. The quantitative estimate of drug-likeness (QED) is 0.552. The molecule has 0 aliphatic rings. The summed E-state index contributed by atoms with van der Waals surface area (Å²) >= 11 is 0. The minimum Gasteiger partial charge on any atom is -0.507 e. The first-order valence-corrected chi connectivity index (χ1v) is 5.48. The van der Waals surface area contributed by atoms with Gasteiger partial charge in [-0.25, -0.2) is 4.79 Å². The second-order valence-corrected chi connectivity index (χ2v) is 3.82. The number of esters is 1. The molecule has 1 atom stereocenters. The van der Waals surface area contributed by atoms with Crippen LogP contribution in [0.15, 0.2) is 18.2 Å². The molecule has 0 heterocycles. The van der Waals surface area contributed by atoms with Gasteiger partial charge in [-0.3, -0.25) is 9.59 Å². The van der Waals surface area contributed by atoms with Crippen LogP contribution in [0.1, 0.15) is 16.8 Å². The van der Waals surface area contributed by atoms with Crippen molar-refractivity contribution in [2.24, 2.45) is 0 Å². The van der Waals surface area contributed by atoms with Gasteiger partial charge in [-0.1, -0.05) is 6.07 Å². The molecule has 1 rings (SSSR count). The van der Waals surface area contributed by atoms with Crippen LogP contribution in [-0.4, -0.2) is 46.3 Å². The van der Waals surface area contributed by atoms with E-state index in [1.165, 1.54) is 6.07 Å². The monoisotopic (exact) mass is 283 g/mol. The smallest absolute Gasteiger partial charge is 0.326 e. The summed E-state index contributed by atoms with van der Waals surface area (Å²) in [5.41, 5.74) is -0.469. The van der Waals surface area contributed by atoms with Gasteiger partial charge in [0.25, 0.3) is 5.91 Å². The minimum atomic E-state index is -1.53. The molecule has 0 fully saturated rings. The van der Waals surface area contributed by atoms with Crippen LogP contribution in [0.4, 0.5) is 0 Å². The van der Waals surface area contributed by atoms with E-state index in [0.717, 1.165) is 19.2 Å². The van der Waals surface area contributed by atoms with E-state index < -0.39 is 47.4 Å². The van der Waals surface area contributed by atoms with Gasteiger partial charge in [0.1, 0.15) is 23.1 Å². The molecule has 4 N–H and O–H groups in total. The van der Waals surface area contributed by atoms with Crippen molar-refractivity contribution in [3.05, 3.63) is 23.8 Å². The number of nitrogens with one attached hydrogen (secondary N) is 1. The summed E-state index contributed by atoms with van der Waals surface area (Å²) in [5.74, 6) is -4.30. The van der Waals surface area contributed by atoms with E-state index in [0.29, 0.717) is 0 Å². The van der Waals surface area contributed by atoms with Crippen molar-refractivity contribution in [3.8, 4) is 11.5 Å². The number of hydrogen-bond acceptors (Lipinski definition) is 6. The Morgan fingerprint density at radius 3 is 2.25 bits per heavy atom. The van der Waals surface area contributed by atoms with Crippen molar-refractivity contribution in [1.29, 1.82) is 0 Å². The molecule has 20 heavy (non-hydrogen) atoms. The lowest BCUT2D eigenvalue weighted by Crippen LogP contribution is -2.42. The largest absolute Gasteiger partial charge is 0.507 e. The second kappa shape index (κ2) is 6.41. The van der Waals surface area contributed by atoms with Crippen molar-refractivity contribution in [3.63, 3.8) is 0 Å². The van der Waals surface area contributed by atoms with E-state index in [1.807, 2.05) is 5.32 Å². The van der Waals surface area contributed by atoms with Gasteiger partial charge in [-0.05, 0) is 12.1 Å². The number of phenolic OH excluding ortho intramolecular Hbond substituents is 2. The Balaban J connectivity index is 2.91. The summed E-state index contributed by atoms with van der Waals surface area (Å²) < 4.78 is 4.31. The van der Waals surface area contributed by atoms with Crippen LogP contribution in [0.3, 0.4) is 0 Å². The Kier molecular flexibility index (Phi) is 4.90. The van der Waals surface area contributed by atoms with Crippen molar-refractivity contribution < 1.29 is 34.4 Å². The maximum Gasteiger partial charge on any atom is 0.326 e. The number of aliphatic carboxylic acids is 1. The van der Waals surface area contributed by atoms with Crippen LogP contribution < -0.4 is 5.32 Å². The molecule has 0 saturated heterocycles. The van der Waals surface area contributed by atoms with Crippen molar-refractivity contribution >= 4 is 17.8 Å². The fourth-order valence-corrected chi connectivity index (χ4v) is 1.44. The van der Waals surface area contributed by atoms with Gasteiger partial charge < -0.3 is 25.4 Å². The van der Waals surface area contributed by atoms with Crippen molar-refractivity contribution in [1.82, 2.24) is 5.32 Å². The van der Waals surface area contributed by atoms with Crippen LogP contribution in [0.5, 0.6) is 11.5 Å². The highest BCUT2D eigenvalue weighted by molar-refractivity contribution is 6.01. The number of carboxylic acid groups (broad SMARTS) is 1. The highest BCUT2D eigenvalue weighted by Crippen LogP contribution is 2.26. The highest BCUT2D eigenvalue weighted by atomic mass is 16.5. The van der Waals surface area contributed by atoms with Crippen LogP contribution >= 0.6 is 0 Å². The lowest BCUT2D eigenvalue weighted by atomic mass is 10.1. The van der Waals surface area contributed by atoms with Crippen LogP contribution in [0, 0.1) is 0 Å². The third kappa shape index (κ3) is 3.61. The average molecular weight is 283 g/mol. The highest BCUT2D eigenvalue weighted by Gasteiger charge is 2.26. The molecule has 0 aromatic heterocycles. The number of aromatic hydroxyl groups is 2. The fourth-order valence-electron chi connectivity index (χ4n) is 1.44. The SMILES string of the molecule is COC(=O)C[C@H](NC(=O)c1c(O)cccc1O)C(=O)O. The summed E-state index contributed by atoms with van der Waals surface area (Å²) in [7, 11) is 1.08. The molecule has 0 spiro atoms. The standard InChI is InChI=1S/C12H13NO7/c1-20-9(16)5-6(12(18)19)13-11(17)10-7(14)3-2-4-8(10)15/h2-4,6,14-15H,5H2,1H3,(H,13,17)(H,18,19)/t6-/m0/s1. The number of carbonyl (C=O) groups excluding carboxylic acids is 2. The number of hydrogen-bond donors (Lipinski definition) is 4. The summed E-state index contributed by atoms with van der Waals surface area (Å²) in [4.78, 5) is 33.8. The van der Waals surface area contributed by atoms with E-state index in [-0.39, 0.29) is 0 Å². The van der Waals surface area contributed by atoms with Crippen LogP contribution in [-0.2, 0) is 14.3 Å². The zero-order valence-corrected chi connectivity index (χ0v) is 10.5. The molecule has 8 heteroatoms. The average Bonchev–Trinajstić information content (AvgIpc) is 2.37. The normalized spacial score (nSPS) is 11.4. The lowest BCUT2D eigenvalue weighted by molar-refractivity contribution is -0.147. The molecule has 1 aromatic rings. The van der Waals surface area contributed by atoms with E-state index >= 15 is 0 Å². The summed E-state index contributed by atoms with van der Waals surface area (Å²) in [5, 5.41) is 29.9. The molecule has 0 saturated carbocycles. The Hall–Kier alpha value is -2.77. The summed E-state index contributed by atoms with van der Waals surface area (Å²) in [6.07, 6.45) is -0.577. The van der Waals surface area contributed by atoms with Gasteiger partial charge in [-0.2, -0.15) is 0 Å². The van der Waals surface area contributed by atoms with E-state index in [2.05, 4.69) is 4.74 Å². The molecule has 0 aliphatic heterocycles. The maximum atomic E-state index is 11.8. The molecule has 0 aliphatic carbocycles. The minimum absolute atomic E-state index is 0.469. The predicted molar refractivity (Wildman–Crippen MR) is 65.3 cm³/mol. The molecule has 1 aromatic carbocycles. The number of phenols is 2. The van der Waals surface area contributed by atoms with Crippen LogP contribution in [0.2, 0.25) is 0 Å². The first kappa shape index (κ1) is 15.3. The zero-order valence-electron chi connectivity index (χ0n) is 10.5. The Labute approximate surface area is 113 Å². The molecule has 108 valence electrons. The molecule has 1 amide bonds. The summed E-state index contributed by atoms with van der Waals surface area (Å²) in [6, 6.07) is 2.09. The number of methoxy groups -OCH3 is 1. The molecule has 8 nitrogen and oxygen atoms in total. The maximum absolute atomic E-state index is 11.8. The second-order valence-electron chi connectivity index (χ2n) is 3.82. The summed E-state index contributed by atoms with van der Waals surface area (Å²) in [6.45, 7) is 0. The van der Waals surface area contributed by atoms with Gasteiger partial charge >= 0.3 is 11.9 Å². The van der Waals surface area contributed by atoms with Gasteiger partial charge in [0.05, 0.1) is 13.5 Å². The number of amides is 1. The molecule has 0 bridgehead atoms. The van der Waals surface area contributed by atoms with Gasteiger partial charge in [0.2, 0.25) is 0 Å². The van der Waals surface area contributed by atoms with Gasteiger partial charge in [0.15, 0.2) is 0 Å². The van der Waals surface area contributed by atoms with Crippen molar-refractivity contribution in [2.75, 3.05) is 7.11 Å². The fraction of sp³-hybridized carbons (Fsp3) is 0.250. The van der Waals surface area contributed by atoms with Crippen molar-refractivity contribution in [2.45, 2.75) is 12.5 Å². The molecule has 0 radical (unpaired) electrons. The number of carbonyl (C=O) groups is 3. The number of ether oxygens (including phenoxy) is 1. The lowest BCUT2D eigenvalue weighted by Gasteiger charge is -2.14. The number of carboxylic acids is 1. The third-order valence-corrected chi connectivity index (χ3v) is 2.45. The molecule has 0 unspecified atom stereocenters. The molecular formula is C12H13NO7. The van der Waals surface area contributed by atoms with E-state index in [4.69, 9.17) is 5.11 Å².